The van der Waals surface area contributed by atoms with Crippen LogP contribution in [-0.4, -0.2) is 20.5 Å². The van der Waals surface area contributed by atoms with E-state index in [1.54, 1.807) is 12.1 Å². The Kier molecular flexibility index (Phi) is 7.78. The van der Waals surface area contributed by atoms with Gasteiger partial charge in [0.15, 0.2) is 6.19 Å². The van der Waals surface area contributed by atoms with Crippen LogP contribution in [0.25, 0.3) is 11.0 Å². The first kappa shape index (κ1) is 25.5. The summed E-state index contributed by atoms with van der Waals surface area (Å²) in [5.74, 6) is 0.683. The zero-order valence-electron chi connectivity index (χ0n) is 20.6. The molecule has 1 N–H and O–H groups in total. The van der Waals surface area contributed by atoms with Gasteiger partial charge in [-0.1, -0.05) is 67.4 Å². The molecule has 0 aliphatic heterocycles. The first-order chi connectivity index (χ1) is 17.3. The van der Waals surface area contributed by atoms with Crippen LogP contribution in [0.2, 0.25) is 10.3 Å². The average Bonchev–Trinajstić information content (AvgIpc) is 3.13. The highest BCUT2D eigenvalue weighted by Crippen LogP contribution is 2.29. The predicted octanol–water partition coefficient (Wildman–Crippen LogP) is 6.34. The zero-order valence-corrected chi connectivity index (χ0v) is 22.1. The van der Waals surface area contributed by atoms with Crippen LogP contribution >= 0.6 is 23.2 Å². The highest BCUT2D eigenvalue weighted by atomic mass is 35.5. The fourth-order valence-corrected chi connectivity index (χ4v) is 4.73. The minimum absolute atomic E-state index is 0.250. The minimum atomic E-state index is 0.250. The summed E-state index contributed by atoms with van der Waals surface area (Å²) in [6, 6.07) is 15.4. The number of aliphatic imine (C=N–C) groups is 1. The van der Waals surface area contributed by atoms with Crippen molar-refractivity contribution < 1.29 is 0 Å². The molecule has 9 heteroatoms. The predicted molar refractivity (Wildman–Crippen MR) is 146 cm³/mol. The molecule has 0 saturated carbocycles. The van der Waals surface area contributed by atoms with E-state index in [0.717, 1.165) is 16.9 Å². The maximum atomic E-state index is 9.55. The number of pyridine rings is 2. The molecule has 0 atom stereocenters. The topological polar surface area (TPSA) is 82.1 Å². The van der Waals surface area contributed by atoms with Crippen LogP contribution < -0.4 is 10.2 Å². The number of aryl methyl sites for hydroxylation is 2. The van der Waals surface area contributed by atoms with Crippen molar-refractivity contribution in [1.29, 1.82) is 5.26 Å². The van der Waals surface area contributed by atoms with Crippen molar-refractivity contribution in [3.05, 3.63) is 87.4 Å². The first-order valence-electron chi connectivity index (χ1n) is 11.6. The smallest absolute Gasteiger partial charge is 0.212 e. The number of nitrogens with one attached hydrogen (secondary N) is 1. The number of benzene rings is 1. The van der Waals surface area contributed by atoms with Crippen LogP contribution in [-0.2, 0) is 20.1 Å². The lowest BCUT2D eigenvalue weighted by Crippen LogP contribution is -2.39. The van der Waals surface area contributed by atoms with Gasteiger partial charge in [-0.3, -0.25) is 5.32 Å². The van der Waals surface area contributed by atoms with Gasteiger partial charge >= 0.3 is 0 Å². The van der Waals surface area contributed by atoms with E-state index in [4.69, 9.17) is 33.2 Å². The van der Waals surface area contributed by atoms with Crippen LogP contribution in [0.3, 0.4) is 0 Å². The summed E-state index contributed by atoms with van der Waals surface area (Å²) >= 11 is 12.4. The molecule has 0 bridgehead atoms. The monoisotopic (exact) mass is 519 g/mol. The van der Waals surface area contributed by atoms with Crippen LogP contribution in [0.15, 0.2) is 59.7 Å². The Labute approximate surface area is 221 Å². The fourth-order valence-electron chi connectivity index (χ4n) is 4.28. The Hall–Kier alpha value is -3.60. The van der Waals surface area contributed by atoms with Gasteiger partial charge in [-0.2, -0.15) is 5.26 Å². The van der Waals surface area contributed by atoms with Crippen LogP contribution in [0.4, 0.5) is 5.69 Å². The molecule has 0 fully saturated rings. The molecule has 0 amide bonds. The summed E-state index contributed by atoms with van der Waals surface area (Å²) < 4.78 is 2.04. The molecule has 7 nitrogen and oxygen atoms in total. The molecule has 36 heavy (non-hydrogen) atoms. The summed E-state index contributed by atoms with van der Waals surface area (Å²) in [6.07, 6.45) is 4.11. The van der Waals surface area contributed by atoms with E-state index >= 15 is 0 Å². The van der Waals surface area contributed by atoms with Gasteiger partial charge in [-0.15, -0.1) is 0 Å². The number of fused-ring (bicyclic) bond motifs is 1. The van der Waals surface area contributed by atoms with Gasteiger partial charge in [0.05, 0.1) is 24.5 Å². The molecule has 4 rings (SSSR count). The van der Waals surface area contributed by atoms with E-state index in [2.05, 4.69) is 43.3 Å². The molecule has 0 unspecified atom stereocenters. The molecule has 3 aromatic heterocycles. The third kappa shape index (κ3) is 5.62. The molecule has 0 aliphatic rings. The number of halogens is 2. The second-order valence-corrected chi connectivity index (χ2v) is 9.67. The number of guanidine groups is 1. The van der Waals surface area contributed by atoms with Gasteiger partial charge in [0.2, 0.25) is 5.96 Å². The molecule has 0 saturated heterocycles. The number of hydrogen-bond donors (Lipinski definition) is 1. The van der Waals surface area contributed by atoms with Crippen molar-refractivity contribution in [2.75, 3.05) is 4.90 Å². The Bertz CT molecular complexity index is 1430. The summed E-state index contributed by atoms with van der Waals surface area (Å²) in [7, 11) is 2.00. The van der Waals surface area contributed by atoms with Crippen molar-refractivity contribution in [2.45, 2.75) is 39.8 Å². The molecule has 0 aliphatic carbocycles. The summed E-state index contributed by atoms with van der Waals surface area (Å²) in [6.45, 7) is 7.17. The molecular weight excluding hydrogens is 493 g/mol. The second-order valence-electron chi connectivity index (χ2n) is 8.90. The average molecular weight is 520 g/mol. The van der Waals surface area contributed by atoms with Gasteiger partial charge in [0.1, 0.15) is 16.0 Å². The van der Waals surface area contributed by atoms with Crippen LogP contribution in [0, 0.1) is 18.4 Å². The lowest BCUT2D eigenvalue weighted by atomic mass is 9.98. The Morgan fingerprint density at radius 3 is 2.47 bits per heavy atom. The van der Waals surface area contributed by atoms with E-state index in [1.165, 1.54) is 16.5 Å². The Balaban J connectivity index is 1.78. The normalized spacial score (nSPS) is 11.7. The van der Waals surface area contributed by atoms with Gasteiger partial charge in [-0.25, -0.2) is 15.0 Å². The summed E-state index contributed by atoms with van der Waals surface area (Å²) in [5.41, 5.74) is 5.85. The maximum absolute atomic E-state index is 9.55. The largest absolute Gasteiger partial charge is 0.335 e. The summed E-state index contributed by atoms with van der Waals surface area (Å²) in [4.78, 5) is 15.6. The number of rotatable bonds is 6. The van der Waals surface area contributed by atoms with E-state index in [0.29, 0.717) is 24.1 Å². The zero-order chi connectivity index (χ0) is 25.8. The molecule has 0 spiro atoms. The highest BCUT2D eigenvalue weighted by Gasteiger charge is 2.18. The number of aromatic nitrogens is 3. The van der Waals surface area contributed by atoms with Crippen LogP contribution in [0.5, 0.6) is 0 Å². The minimum Gasteiger partial charge on any atom is -0.335 e. The van der Waals surface area contributed by atoms with Gasteiger partial charge in [-0.05, 0) is 47.7 Å². The van der Waals surface area contributed by atoms with Crippen molar-refractivity contribution >= 4 is 45.9 Å². The number of anilines is 1. The number of nitrogens with zero attached hydrogens (tertiary/aromatic N) is 6. The molecule has 184 valence electrons. The Morgan fingerprint density at radius 1 is 1.14 bits per heavy atom. The third-order valence-electron chi connectivity index (χ3n) is 5.88. The fraction of sp³-hybridized carbons (Fsp3) is 0.259. The quantitative estimate of drug-likeness (QED) is 0.106. The summed E-state index contributed by atoms with van der Waals surface area (Å²) in [5, 5.41) is 14.0. The van der Waals surface area contributed by atoms with Gasteiger partial charge in [0.25, 0.3) is 0 Å². The van der Waals surface area contributed by atoms with Crippen LogP contribution in [0.1, 0.15) is 42.1 Å². The standard InChI is InChI=1S/C27H27Cl2N7/c1-17(2)22-10-20(33-26-25(22)18(3)14-35(26)4)13-31-27(32-16-30)36(15-19-8-6-5-7-9-19)21-11-23(28)34-24(29)12-21/h5-12,14,17H,13,15H2,1-4H3,(H,31,32). The Morgan fingerprint density at radius 2 is 1.83 bits per heavy atom. The van der Waals surface area contributed by atoms with E-state index in [-0.39, 0.29) is 16.9 Å². The van der Waals surface area contributed by atoms with Crippen molar-refractivity contribution in [2.24, 2.45) is 12.0 Å². The van der Waals surface area contributed by atoms with E-state index in [1.807, 2.05) is 53.0 Å². The molecule has 0 radical (unpaired) electrons. The molecule has 3 heterocycles. The van der Waals surface area contributed by atoms with Crippen molar-refractivity contribution in [3.63, 3.8) is 0 Å². The van der Waals surface area contributed by atoms with E-state index in [9.17, 15) is 5.26 Å². The van der Waals surface area contributed by atoms with Crippen molar-refractivity contribution in [3.8, 4) is 6.19 Å². The lowest BCUT2D eigenvalue weighted by Gasteiger charge is -2.25. The van der Waals surface area contributed by atoms with Crippen molar-refractivity contribution in [1.82, 2.24) is 19.9 Å². The number of hydrogen-bond acceptors (Lipinski definition) is 4. The maximum Gasteiger partial charge on any atom is 0.212 e. The molecular formula is C27H27Cl2N7. The lowest BCUT2D eigenvalue weighted by molar-refractivity contribution is 0.855. The number of nitriles is 1. The molecule has 4 aromatic rings. The van der Waals surface area contributed by atoms with Gasteiger partial charge in [0, 0.05) is 18.6 Å². The first-order valence-corrected chi connectivity index (χ1v) is 12.3. The third-order valence-corrected chi connectivity index (χ3v) is 6.27. The SMILES string of the molecule is Cc1cn(C)c2nc(CN=C(NC#N)N(Cc3ccccc3)c3cc(Cl)nc(Cl)c3)cc(C(C)C)c12. The van der Waals surface area contributed by atoms with Gasteiger partial charge < -0.3 is 9.47 Å². The molecule has 1 aromatic carbocycles. The highest BCUT2D eigenvalue weighted by molar-refractivity contribution is 6.33. The second kappa shape index (κ2) is 11.0. The van der Waals surface area contributed by atoms with E-state index < -0.39 is 0 Å².